The lowest BCUT2D eigenvalue weighted by Gasteiger charge is -2.44. The topological polar surface area (TPSA) is 73.3 Å². The Labute approximate surface area is 193 Å². The van der Waals surface area contributed by atoms with Gasteiger partial charge >= 0.3 is 12.1 Å². The number of halogens is 2. The van der Waals surface area contributed by atoms with E-state index in [1.54, 1.807) is 9.80 Å². The van der Waals surface area contributed by atoms with Gasteiger partial charge in [0.2, 0.25) is 0 Å². The second-order valence-electron chi connectivity index (χ2n) is 9.72. The Hall–Kier alpha value is -2.06. The molecule has 3 heterocycles. The minimum absolute atomic E-state index is 0.117. The Morgan fingerprint density at radius 3 is 2.72 bits per heavy atom. The van der Waals surface area contributed by atoms with Crippen LogP contribution < -0.4 is 0 Å². The Balaban J connectivity index is 1.57. The van der Waals surface area contributed by atoms with Gasteiger partial charge in [0.25, 0.3) is 0 Å². The third kappa shape index (κ3) is 4.66. The number of carbonyl (C=O) groups is 2. The second kappa shape index (κ2) is 9.06. The van der Waals surface area contributed by atoms with Gasteiger partial charge in [0, 0.05) is 31.2 Å². The van der Waals surface area contributed by atoms with Crippen molar-refractivity contribution in [2.45, 2.75) is 51.9 Å². The molecular weight excluding hydrogens is 437 g/mol. The van der Waals surface area contributed by atoms with E-state index in [4.69, 9.17) is 16.3 Å². The van der Waals surface area contributed by atoms with Crippen molar-refractivity contribution >= 4 is 23.7 Å². The van der Waals surface area contributed by atoms with Crippen molar-refractivity contribution in [1.82, 2.24) is 14.7 Å². The zero-order chi connectivity index (χ0) is 23.0. The van der Waals surface area contributed by atoms with Crippen molar-refractivity contribution in [1.29, 1.82) is 0 Å². The summed E-state index contributed by atoms with van der Waals surface area (Å²) in [6, 6.07) is 3.48. The van der Waals surface area contributed by atoms with Gasteiger partial charge in [-0.2, -0.15) is 0 Å². The van der Waals surface area contributed by atoms with E-state index in [9.17, 15) is 19.1 Å². The highest BCUT2D eigenvalue weighted by molar-refractivity contribution is 6.30. The van der Waals surface area contributed by atoms with Gasteiger partial charge < -0.3 is 24.5 Å². The Bertz CT molecular complexity index is 896. The average molecular weight is 468 g/mol. The number of likely N-dealkylation sites (tertiary alicyclic amines) is 1. The number of nitrogens with zero attached hydrogens (tertiary/aromatic N) is 3. The first kappa shape index (κ1) is 23.1. The monoisotopic (exact) mass is 467 g/mol. The van der Waals surface area contributed by atoms with Gasteiger partial charge in [0.1, 0.15) is 6.17 Å². The van der Waals surface area contributed by atoms with Gasteiger partial charge in [-0.05, 0) is 53.5 Å². The Morgan fingerprint density at radius 1 is 1.25 bits per heavy atom. The van der Waals surface area contributed by atoms with Crippen molar-refractivity contribution in [3.63, 3.8) is 0 Å². The van der Waals surface area contributed by atoms with Crippen LogP contribution in [0.25, 0.3) is 0 Å². The first-order chi connectivity index (χ1) is 15.2. The van der Waals surface area contributed by atoms with E-state index in [-0.39, 0.29) is 18.6 Å². The van der Waals surface area contributed by atoms with Crippen LogP contribution in [0.3, 0.4) is 0 Å². The van der Waals surface area contributed by atoms with E-state index in [1.165, 1.54) is 4.90 Å². The predicted octanol–water partition coefficient (Wildman–Crippen LogP) is 3.81. The number of amides is 3. The lowest BCUT2D eigenvalue weighted by atomic mass is 9.76. The Kier molecular flexibility index (Phi) is 6.54. The smallest absolute Gasteiger partial charge is 0.407 e. The fourth-order valence-electron chi connectivity index (χ4n) is 5.21. The molecule has 2 saturated heterocycles. The molecule has 1 aromatic rings. The number of alkyl halides is 1. The van der Waals surface area contributed by atoms with Crippen LogP contribution in [0.1, 0.15) is 37.0 Å². The molecule has 0 aromatic heterocycles. The summed E-state index contributed by atoms with van der Waals surface area (Å²) < 4.78 is 19.2. The zero-order valence-electron chi connectivity index (χ0n) is 18.6. The number of hydrogen-bond donors (Lipinski definition) is 1. The molecule has 176 valence electrons. The molecule has 0 radical (unpaired) electrons. The van der Waals surface area contributed by atoms with Crippen LogP contribution in [0, 0.1) is 5.41 Å². The van der Waals surface area contributed by atoms with Crippen molar-refractivity contribution in [2.75, 3.05) is 39.4 Å². The number of urea groups is 1. The number of rotatable bonds is 3. The van der Waals surface area contributed by atoms with Crippen LogP contribution >= 0.6 is 11.6 Å². The summed E-state index contributed by atoms with van der Waals surface area (Å²) in [7, 11) is 0. The van der Waals surface area contributed by atoms with Crippen LogP contribution in [0.4, 0.5) is 14.0 Å². The second-order valence-corrected chi connectivity index (χ2v) is 10.2. The molecule has 1 N–H and O–H groups in total. The van der Waals surface area contributed by atoms with Gasteiger partial charge in [-0.15, -0.1) is 0 Å². The summed E-state index contributed by atoms with van der Waals surface area (Å²) in [4.78, 5) is 29.6. The standard InChI is InChI=1S/C23H31ClFN3O4/c1-23(2,20-14-32-8-7-28(20)22(30)31)11-16-10-17(24)9-15-3-5-27(13-19(15)16)21(29)26-6-4-18(25)12-26/h9-10,18,20H,3-8,11-14H2,1-2H3,(H,30,31)/t18-,20-/m0/s1. The molecule has 3 amide bonds. The quantitative estimate of drug-likeness (QED) is 0.733. The first-order valence-corrected chi connectivity index (χ1v) is 11.6. The zero-order valence-corrected chi connectivity index (χ0v) is 19.4. The highest BCUT2D eigenvalue weighted by Gasteiger charge is 2.40. The highest BCUT2D eigenvalue weighted by atomic mass is 35.5. The molecule has 0 saturated carbocycles. The van der Waals surface area contributed by atoms with Crippen LogP contribution in [0.2, 0.25) is 5.02 Å². The van der Waals surface area contributed by atoms with E-state index >= 15 is 0 Å². The summed E-state index contributed by atoms with van der Waals surface area (Å²) in [5, 5.41) is 10.3. The lowest BCUT2D eigenvalue weighted by molar-refractivity contribution is -0.0420. The molecule has 7 nitrogen and oxygen atoms in total. The number of morpholine rings is 1. The first-order valence-electron chi connectivity index (χ1n) is 11.2. The van der Waals surface area contributed by atoms with Crippen LogP contribution in [-0.2, 0) is 24.1 Å². The normalized spacial score (nSPS) is 23.9. The average Bonchev–Trinajstić information content (AvgIpc) is 3.19. The van der Waals surface area contributed by atoms with Crippen molar-refractivity contribution in [3.8, 4) is 0 Å². The van der Waals surface area contributed by atoms with E-state index in [0.717, 1.165) is 16.7 Å². The summed E-state index contributed by atoms with van der Waals surface area (Å²) in [6.45, 7) is 6.85. The third-order valence-corrected chi connectivity index (χ3v) is 7.21. The van der Waals surface area contributed by atoms with E-state index in [2.05, 4.69) is 0 Å². The number of benzene rings is 1. The molecule has 0 aliphatic carbocycles. The third-order valence-electron chi connectivity index (χ3n) is 6.99. The summed E-state index contributed by atoms with van der Waals surface area (Å²) in [6.07, 6.45) is -0.189. The molecule has 2 fully saturated rings. The van der Waals surface area contributed by atoms with E-state index in [1.807, 2.05) is 26.0 Å². The number of hydrogen-bond acceptors (Lipinski definition) is 3. The summed E-state index contributed by atoms with van der Waals surface area (Å²) in [5.74, 6) is 0. The molecule has 3 aliphatic heterocycles. The van der Waals surface area contributed by atoms with Crippen molar-refractivity contribution in [3.05, 3.63) is 33.8 Å². The number of ether oxygens (including phenoxy) is 1. The maximum absolute atomic E-state index is 13.6. The minimum Gasteiger partial charge on any atom is -0.465 e. The van der Waals surface area contributed by atoms with Crippen molar-refractivity contribution < 1.29 is 23.8 Å². The fraction of sp³-hybridized carbons (Fsp3) is 0.652. The van der Waals surface area contributed by atoms with Crippen LogP contribution in [0.15, 0.2) is 12.1 Å². The maximum Gasteiger partial charge on any atom is 0.407 e. The van der Waals surface area contributed by atoms with Gasteiger partial charge in [0.15, 0.2) is 0 Å². The molecule has 2 atom stereocenters. The van der Waals surface area contributed by atoms with Gasteiger partial charge in [-0.25, -0.2) is 14.0 Å². The Morgan fingerprint density at radius 2 is 2.03 bits per heavy atom. The van der Waals surface area contributed by atoms with Gasteiger partial charge in [0.05, 0.1) is 25.8 Å². The summed E-state index contributed by atoms with van der Waals surface area (Å²) in [5.41, 5.74) is 2.81. The molecule has 32 heavy (non-hydrogen) atoms. The molecule has 0 unspecified atom stereocenters. The van der Waals surface area contributed by atoms with E-state index < -0.39 is 17.7 Å². The molecule has 1 aromatic carbocycles. The molecular formula is C23H31ClFN3O4. The largest absolute Gasteiger partial charge is 0.465 e. The van der Waals surface area contributed by atoms with E-state index in [0.29, 0.717) is 63.7 Å². The highest BCUT2D eigenvalue weighted by Crippen LogP contribution is 2.36. The van der Waals surface area contributed by atoms with Crippen LogP contribution in [-0.4, -0.2) is 83.5 Å². The number of fused-ring (bicyclic) bond motifs is 1. The SMILES string of the molecule is CC(C)(Cc1cc(Cl)cc2c1CN(C(=O)N1CC[C@H](F)C1)CC2)[C@@H]1COCCN1C(=O)O. The van der Waals surface area contributed by atoms with Gasteiger partial charge in [-0.1, -0.05) is 25.4 Å². The molecule has 3 aliphatic rings. The predicted molar refractivity (Wildman–Crippen MR) is 119 cm³/mol. The maximum atomic E-state index is 13.6. The number of carbonyl (C=O) groups excluding carboxylic acids is 1. The number of carboxylic acid groups (broad SMARTS) is 1. The van der Waals surface area contributed by atoms with Crippen molar-refractivity contribution in [2.24, 2.45) is 5.41 Å². The molecule has 0 bridgehead atoms. The summed E-state index contributed by atoms with van der Waals surface area (Å²) >= 11 is 6.43. The van der Waals surface area contributed by atoms with Crippen LogP contribution in [0.5, 0.6) is 0 Å². The van der Waals surface area contributed by atoms with Gasteiger partial charge in [-0.3, -0.25) is 0 Å². The molecule has 4 rings (SSSR count). The minimum atomic E-state index is -0.943. The molecule has 9 heteroatoms. The molecule has 0 spiro atoms. The fourth-order valence-corrected chi connectivity index (χ4v) is 5.47. The lowest BCUT2D eigenvalue weighted by Crippen LogP contribution is -2.55.